The largest absolute Gasteiger partial charge is 0.497 e. The van der Waals surface area contributed by atoms with E-state index in [0.717, 1.165) is 11.3 Å². The van der Waals surface area contributed by atoms with Crippen molar-refractivity contribution in [1.29, 1.82) is 0 Å². The average molecular weight is 302 g/mol. The van der Waals surface area contributed by atoms with Crippen molar-refractivity contribution in [2.75, 3.05) is 14.2 Å². The van der Waals surface area contributed by atoms with E-state index in [1.807, 2.05) is 12.1 Å². The van der Waals surface area contributed by atoms with Gasteiger partial charge in [0.2, 0.25) is 0 Å². The van der Waals surface area contributed by atoms with E-state index >= 15 is 0 Å². The Kier molecular flexibility index (Phi) is 3.92. The lowest BCUT2D eigenvalue weighted by molar-refractivity contribution is -0.0700. The van der Waals surface area contributed by atoms with Crippen LogP contribution >= 0.6 is 0 Å². The molecule has 0 bridgehead atoms. The topological polar surface area (TPSA) is 68.2 Å². The highest BCUT2D eigenvalue weighted by Gasteiger charge is 2.37. The number of ether oxygens (including phenoxy) is 3. The van der Waals surface area contributed by atoms with E-state index in [0.29, 0.717) is 17.1 Å². The lowest BCUT2D eigenvalue weighted by Crippen LogP contribution is -2.34. The lowest BCUT2D eigenvalue weighted by Gasteiger charge is -2.34. The first-order valence-corrected chi connectivity index (χ1v) is 6.98. The van der Waals surface area contributed by atoms with E-state index in [9.17, 15) is 10.2 Å². The zero-order valence-electron chi connectivity index (χ0n) is 12.4. The van der Waals surface area contributed by atoms with Crippen LogP contribution in [0.5, 0.6) is 17.2 Å². The molecular weight excluding hydrogens is 284 g/mol. The van der Waals surface area contributed by atoms with Gasteiger partial charge in [0.05, 0.1) is 14.2 Å². The molecule has 0 fully saturated rings. The Morgan fingerprint density at radius 3 is 2.18 bits per heavy atom. The fourth-order valence-electron chi connectivity index (χ4n) is 2.60. The van der Waals surface area contributed by atoms with E-state index in [1.54, 1.807) is 44.6 Å². The van der Waals surface area contributed by atoms with E-state index < -0.39 is 18.3 Å². The molecule has 0 aliphatic carbocycles. The first kappa shape index (κ1) is 14.7. The molecule has 0 aromatic heterocycles. The number of aliphatic hydroxyl groups is 2. The van der Waals surface area contributed by atoms with Gasteiger partial charge in [0.1, 0.15) is 29.5 Å². The highest BCUT2D eigenvalue weighted by atomic mass is 16.5. The molecule has 2 aromatic rings. The van der Waals surface area contributed by atoms with Crippen LogP contribution in [0.25, 0.3) is 0 Å². The van der Waals surface area contributed by atoms with Crippen LogP contribution in [0.3, 0.4) is 0 Å². The Labute approximate surface area is 128 Å². The highest BCUT2D eigenvalue weighted by molar-refractivity contribution is 5.45. The van der Waals surface area contributed by atoms with Crippen molar-refractivity contribution in [1.82, 2.24) is 0 Å². The molecule has 0 radical (unpaired) electrons. The average Bonchev–Trinajstić information content (AvgIpc) is 2.57. The third-order valence-corrected chi connectivity index (χ3v) is 3.87. The monoisotopic (exact) mass is 302 g/mol. The fourth-order valence-corrected chi connectivity index (χ4v) is 2.60. The van der Waals surface area contributed by atoms with Crippen molar-refractivity contribution in [3.8, 4) is 17.2 Å². The Balaban J connectivity index is 1.95. The minimum absolute atomic E-state index is 0.512. The molecule has 1 heterocycles. The predicted molar refractivity (Wildman–Crippen MR) is 80.3 cm³/mol. The van der Waals surface area contributed by atoms with Crippen LogP contribution in [-0.2, 0) is 0 Å². The molecule has 22 heavy (non-hydrogen) atoms. The van der Waals surface area contributed by atoms with Gasteiger partial charge in [0.15, 0.2) is 6.10 Å². The molecule has 3 rings (SSSR count). The molecular formula is C17H18O5. The van der Waals surface area contributed by atoms with E-state index in [2.05, 4.69) is 0 Å². The van der Waals surface area contributed by atoms with Gasteiger partial charge in [-0.3, -0.25) is 0 Å². The molecule has 3 atom stereocenters. The van der Waals surface area contributed by atoms with Crippen LogP contribution in [0, 0.1) is 0 Å². The number of aliphatic hydroxyl groups excluding tert-OH is 2. The van der Waals surface area contributed by atoms with Gasteiger partial charge in [-0.15, -0.1) is 0 Å². The van der Waals surface area contributed by atoms with Crippen LogP contribution in [0.4, 0.5) is 0 Å². The number of methoxy groups -OCH3 is 2. The maximum absolute atomic E-state index is 10.4. The van der Waals surface area contributed by atoms with Gasteiger partial charge in [0.25, 0.3) is 0 Å². The second-order valence-electron chi connectivity index (χ2n) is 5.15. The zero-order valence-corrected chi connectivity index (χ0v) is 12.4. The van der Waals surface area contributed by atoms with E-state index in [1.165, 1.54) is 0 Å². The summed E-state index contributed by atoms with van der Waals surface area (Å²) in [6.07, 6.45) is -2.71. The molecule has 0 spiro atoms. The Hall–Kier alpha value is -2.24. The summed E-state index contributed by atoms with van der Waals surface area (Å²) in [5.41, 5.74) is 1.32. The van der Waals surface area contributed by atoms with Gasteiger partial charge in [0, 0.05) is 11.6 Å². The van der Waals surface area contributed by atoms with Gasteiger partial charge in [-0.1, -0.05) is 12.1 Å². The maximum atomic E-state index is 10.4. The van der Waals surface area contributed by atoms with Crippen molar-refractivity contribution in [2.45, 2.75) is 18.3 Å². The van der Waals surface area contributed by atoms with E-state index in [-0.39, 0.29) is 0 Å². The van der Waals surface area contributed by atoms with Crippen LogP contribution in [0.15, 0.2) is 42.5 Å². The first-order chi connectivity index (χ1) is 10.6. The second-order valence-corrected chi connectivity index (χ2v) is 5.15. The van der Waals surface area contributed by atoms with Crippen LogP contribution in [0.1, 0.15) is 23.3 Å². The highest BCUT2D eigenvalue weighted by Crippen LogP contribution is 2.42. The molecule has 5 nitrogen and oxygen atoms in total. The second kappa shape index (κ2) is 5.87. The summed E-state index contributed by atoms with van der Waals surface area (Å²) in [6.45, 7) is 0. The van der Waals surface area contributed by atoms with E-state index in [4.69, 9.17) is 14.2 Å². The summed E-state index contributed by atoms with van der Waals surface area (Å²) < 4.78 is 16.2. The third-order valence-electron chi connectivity index (χ3n) is 3.87. The predicted octanol–water partition coefficient (Wildman–Crippen LogP) is 2.23. The molecule has 3 unspecified atom stereocenters. The molecule has 0 saturated carbocycles. The van der Waals surface area contributed by atoms with Gasteiger partial charge in [-0.05, 0) is 29.8 Å². The van der Waals surface area contributed by atoms with Gasteiger partial charge in [-0.2, -0.15) is 0 Å². The summed E-state index contributed by atoms with van der Waals surface area (Å²) in [5.74, 6) is 1.87. The quantitative estimate of drug-likeness (QED) is 0.910. The maximum Gasteiger partial charge on any atom is 0.152 e. The van der Waals surface area contributed by atoms with Gasteiger partial charge in [-0.25, -0.2) is 0 Å². The van der Waals surface area contributed by atoms with Crippen molar-refractivity contribution in [3.05, 3.63) is 53.6 Å². The molecule has 116 valence electrons. The number of hydrogen-bond donors (Lipinski definition) is 2. The molecule has 1 aliphatic heterocycles. The molecule has 0 saturated heterocycles. The molecule has 0 amide bonds. The smallest absolute Gasteiger partial charge is 0.152 e. The Morgan fingerprint density at radius 2 is 1.55 bits per heavy atom. The molecule has 2 N–H and O–H groups in total. The number of hydrogen-bond acceptors (Lipinski definition) is 5. The summed E-state index contributed by atoms with van der Waals surface area (Å²) in [5, 5.41) is 20.7. The number of rotatable bonds is 3. The number of fused-ring (bicyclic) bond motifs is 1. The minimum Gasteiger partial charge on any atom is -0.497 e. The van der Waals surface area contributed by atoms with Crippen LogP contribution < -0.4 is 14.2 Å². The third kappa shape index (κ3) is 2.49. The Bertz CT molecular complexity index is 653. The normalized spacial score (nSPS) is 23.4. The standard InChI is InChI=1S/C17H18O5/c1-20-11-5-3-10(4-6-11)17-16(19)15(18)13-8-7-12(21-2)9-14(13)22-17/h3-9,15-19H,1-2H3. The molecule has 5 heteroatoms. The lowest BCUT2D eigenvalue weighted by atomic mass is 9.92. The Morgan fingerprint density at radius 1 is 0.909 bits per heavy atom. The van der Waals surface area contributed by atoms with Crippen LogP contribution in [-0.4, -0.2) is 30.5 Å². The van der Waals surface area contributed by atoms with Gasteiger partial charge >= 0.3 is 0 Å². The minimum atomic E-state index is -1.05. The summed E-state index contributed by atoms with van der Waals surface area (Å²) in [4.78, 5) is 0. The van der Waals surface area contributed by atoms with Crippen molar-refractivity contribution < 1.29 is 24.4 Å². The van der Waals surface area contributed by atoms with Crippen molar-refractivity contribution in [2.24, 2.45) is 0 Å². The van der Waals surface area contributed by atoms with Crippen LogP contribution in [0.2, 0.25) is 0 Å². The van der Waals surface area contributed by atoms with Gasteiger partial charge < -0.3 is 24.4 Å². The molecule has 1 aliphatic rings. The summed E-state index contributed by atoms with van der Waals surface area (Å²) in [7, 11) is 3.16. The first-order valence-electron chi connectivity index (χ1n) is 6.98. The van der Waals surface area contributed by atoms with Crippen molar-refractivity contribution >= 4 is 0 Å². The molecule has 2 aromatic carbocycles. The fraction of sp³-hybridized carbons (Fsp3) is 0.294. The number of benzene rings is 2. The summed E-state index contributed by atoms with van der Waals surface area (Å²) in [6, 6.07) is 12.3. The SMILES string of the molecule is COc1ccc(C2Oc3cc(OC)ccc3C(O)C2O)cc1. The van der Waals surface area contributed by atoms with Crippen molar-refractivity contribution in [3.63, 3.8) is 0 Å². The summed E-state index contributed by atoms with van der Waals surface area (Å²) >= 11 is 0. The zero-order chi connectivity index (χ0) is 15.7.